The number of hydrogen-bond donors (Lipinski definition) is 0. The summed E-state index contributed by atoms with van der Waals surface area (Å²) in [6.07, 6.45) is 3.17. The minimum absolute atomic E-state index is 0.0113. The Bertz CT molecular complexity index is 1880. The molecule has 7 nitrogen and oxygen atoms in total. The molecule has 1 aromatic heterocycles. The predicted molar refractivity (Wildman–Crippen MR) is 165 cm³/mol. The van der Waals surface area contributed by atoms with Crippen LogP contribution in [0.5, 0.6) is 11.5 Å². The van der Waals surface area contributed by atoms with Gasteiger partial charge in [0, 0.05) is 10.0 Å². The largest absolute Gasteiger partial charge is 0.493 e. The minimum Gasteiger partial charge on any atom is -0.493 e. The molecule has 0 aliphatic carbocycles. The molecule has 4 aromatic rings. The van der Waals surface area contributed by atoms with Gasteiger partial charge in [0.15, 0.2) is 16.3 Å². The van der Waals surface area contributed by atoms with Crippen LogP contribution in [0.15, 0.2) is 100 Å². The van der Waals surface area contributed by atoms with Crippen LogP contribution in [-0.2, 0) is 16.1 Å². The number of benzene rings is 3. The summed E-state index contributed by atoms with van der Waals surface area (Å²) in [6.45, 7) is 5.71. The first-order valence-corrected chi connectivity index (χ1v) is 14.5. The third kappa shape index (κ3) is 6.06. The molecule has 2 heterocycles. The van der Waals surface area contributed by atoms with Crippen LogP contribution in [0.25, 0.3) is 6.08 Å². The molecule has 214 valence electrons. The fraction of sp³-hybridized carbons (Fsp3) is 0.156. The average molecular weight is 622 g/mol. The lowest BCUT2D eigenvalue weighted by Crippen LogP contribution is -2.40. The van der Waals surface area contributed by atoms with Crippen LogP contribution >= 0.6 is 34.5 Å². The van der Waals surface area contributed by atoms with Crippen molar-refractivity contribution in [2.75, 3.05) is 13.7 Å². The van der Waals surface area contributed by atoms with Gasteiger partial charge in [-0.3, -0.25) is 9.36 Å². The van der Waals surface area contributed by atoms with Crippen LogP contribution in [-0.4, -0.2) is 24.3 Å². The second kappa shape index (κ2) is 12.8. The Morgan fingerprint density at radius 3 is 2.60 bits per heavy atom. The number of thiazole rings is 1. The van der Waals surface area contributed by atoms with Gasteiger partial charge in [0.2, 0.25) is 0 Å². The van der Waals surface area contributed by atoms with Crippen LogP contribution in [0.2, 0.25) is 10.0 Å². The van der Waals surface area contributed by atoms with E-state index in [4.69, 9.17) is 37.4 Å². The number of ether oxygens (including phenoxy) is 3. The lowest BCUT2D eigenvalue weighted by Gasteiger charge is -2.25. The van der Waals surface area contributed by atoms with Gasteiger partial charge >= 0.3 is 5.97 Å². The summed E-state index contributed by atoms with van der Waals surface area (Å²) in [5.74, 6) is 0.373. The molecule has 0 radical (unpaired) electrons. The van der Waals surface area contributed by atoms with Crippen LogP contribution in [0.3, 0.4) is 0 Å². The molecule has 0 N–H and O–H groups in total. The second-order valence-electron chi connectivity index (χ2n) is 9.32. The van der Waals surface area contributed by atoms with E-state index in [-0.39, 0.29) is 17.7 Å². The zero-order valence-electron chi connectivity index (χ0n) is 22.8. The number of esters is 1. The van der Waals surface area contributed by atoms with E-state index in [0.717, 1.165) is 5.56 Å². The quantitative estimate of drug-likeness (QED) is 0.173. The van der Waals surface area contributed by atoms with Crippen LogP contribution in [0.4, 0.5) is 0 Å². The third-order valence-electron chi connectivity index (χ3n) is 6.56. The van der Waals surface area contributed by atoms with Gasteiger partial charge in [-0.2, -0.15) is 0 Å². The Labute approximate surface area is 256 Å². The molecule has 0 fully saturated rings. The van der Waals surface area contributed by atoms with Crippen molar-refractivity contribution in [2.24, 2.45) is 4.99 Å². The van der Waals surface area contributed by atoms with E-state index >= 15 is 0 Å². The topological polar surface area (TPSA) is 79.1 Å². The maximum atomic E-state index is 13.9. The molecule has 0 saturated carbocycles. The molecule has 3 aromatic carbocycles. The molecule has 0 spiro atoms. The SMILES string of the molecule is C=CCOC(=O)C1=C(C)N=c2sc(=Cc3ccc(Cl)cc3Cl)c(=O)n2C1c1ccc(OCc2ccccc2)c(OC)c1. The molecule has 1 atom stereocenters. The van der Waals surface area contributed by atoms with Gasteiger partial charge in [-0.1, -0.05) is 89.7 Å². The van der Waals surface area contributed by atoms with E-state index < -0.39 is 12.0 Å². The van der Waals surface area contributed by atoms with Gasteiger partial charge in [0.1, 0.15) is 13.2 Å². The maximum absolute atomic E-state index is 13.9. The van der Waals surface area contributed by atoms with E-state index in [1.54, 1.807) is 49.4 Å². The van der Waals surface area contributed by atoms with Crippen LogP contribution in [0, 0.1) is 0 Å². The summed E-state index contributed by atoms with van der Waals surface area (Å²) >= 11 is 13.6. The summed E-state index contributed by atoms with van der Waals surface area (Å²) in [7, 11) is 1.54. The standard InChI is InChI=1S/C32H26Cl2N2O5S/c1-4-14-40-31(38)28-19(2)35-32-36(30(37)27(42-32)16-21-10-12-23(33)17-24(21)34)29(28)22-11-13-25(26(15-22)39-3)41-18-20-8-6-5-7-9-20/h4-13,15-17,29H,1,14,18H2,2-3H3. The van der Waals surface area contributed by atoms with Crippen molar-refractivity contribution >= 4 is 46.6 Å². The molecule has 1 unspecified atom stereocenters. The minimum atomic E-state index is -0.835. The molecular formula is C32H26Cl2N2O5S. The van der Waals surface area contributed by atoms with Crippen molar-refractivity contribution in [3.63, 3.8) is 0 Å². The van der Waals surface area contributed by atoms with Crippen molar-refractivity contribution in [1.82, 2.24) is 4.57 Å². The third-order valence-corrected chi connectivity index (χ3v) is 8.11. The molecule has 1 aliphatic heterocycles. The van der Waals surface area contributed by atoms with Gasteiger partial charge < -0.3 is 14.2 Å². The maximum Gasteiger partial charge on any atom is 0.338 e. The van der Waals surface area contributed by atoms with E-state index in [1.165, 1.54) is 29.1 Å². The fourth-order valence-corrected chi connectivity index (χ4v) is 6.08. The summed E-state index contributed by atoms with van der Waals surface area (Å²) in [6, 6.07) is 19.3. The Hall–Kier alpha value is -4.11. The van der Waals surface area contributed by atoms with Gasteiger partial charge in [0.05, 0.1) is 29.0 Å². The number of carbonyl (C=O) groups excluding carboxylic acids is 1. The first-order valence-electron chi connectivity index (χ1n) is 12.9. The monoisotopic (exact) mass is 620 g/mol. The number of allylic oxidation sites excluding steroid dienone is 1. The first-order chi connectivity index (χ1) is 20.3. The van der Waals surface area contributed by atoms with Crippen molar-refractivity contribution < 1.29 is 19.0 Å². The van der Waals surface area contributed by atoms with E-state index in [0.29, 0.717) is 54.3 Å². The van der Waals surface area contributed by atoms with Gasteiger partial charge in [0.25, 0.3) is 5.56 Å². The van der Waals surface area contributed by atoms with E-state index in [9.17, 15) is 9.59 Å². The fourth-order valence-electron chi connectivity index (χ4n) is 4.58. The molecule has 1 aliphatic rings. The Morgan fingerprint density at radius 1 is 1.10 bits per heavy atom. The van der Waals surface area contributed by atoms with Crippen molar-refractivity contribution in [3.8, 4) is 11.5 Å². The highest BCUT2D eigenvalue weighted by Crippen LogP contribution is 2.36. The van der Waals surface area contributed by atoms with Gasteiger partial charge in [-0.15, -0.1) is 0 Å². The number of aromatic nitrogens is 1. The molecule has 0 saturated heterocycles. The molecule has 0 bridgehead atoms. The molecule has 0 amide bonds. The normalized spacial score (nSPS) is 14.7. The molecule has 10 heteroatoms. The molecule has 5 rings (SSSR count). The highest BCUT2D eigenvalue weighted by Gasteiger charge is 2.34. The Kier molecular flexibility index (Phi) is 8.97. The first kappa shape index (κ1) is 29.4. The van der Waals surface area contributed by atoms with Gasteiger partial charge in [-0.25, -0.2) is 9.79 Å². The van der Waals surface area contributed by atoms with Crippen molar-refractivity contribution in [1.29, 1.82) is 0 Å². The number of hydrogen-bond acceptors (Lipinski definition) is 7. The highest BCUT2D eigenvalue weighted by molar-refractivity contribution is 7.07. The Balaban J connectivity index is 1.63. The summed E-state index contributed by atoms with van der Waals surface area (Å²) in [5, 5.41) is 0.896. The van der Waals surface area contributed by atoms with Crippen molar-refractivity contribution in [2.45, 2.75) is 19.6 Å². The number of carbonyl (C=O) groups is 1. The highest BCUT2D eigenvalue weighted by atomic mass is 35.5. The van der Waals surface area contributed by atoms with Gasteiger partial charge in [-0.05, 0) is 54.0 Å². The summed E-state index contributed by atoms with van der Waals surface area (Å²) in [5.41, 5.74) is 2.60. The smallest absolute Gasteiger partial charge is 0.338 e. The molecular weight excluding hydrogens is 595 g/mol. The predicted octanol–water partition coefficient (Wildman–Crippen LogP) is 5.86. The number of nitrogens with zero attached hydrogens (tertiary/aromatic N) is 2. The Morgan fingerprint density at radius 2 is 1.88 bits per heavy atom. The van der Waals surface area contributed by atoms with E-state index in [1.807, 2.05) is 30.3 Å². The lowest BCUT2D eigenvalue weighted by molar-refractivity contribution is -0.138. The van der Waals surface area contributed by atoms with E-state index in [2.05, 4.69) is 11.6 Å². The van der Waals surface area contributed by atoms with Crippen molar-refractivity contribution in [3.05, 3.63) is 137 Å². The summed E-state index contributed by atoms with van der Waals surface area (Å²) in [4.78, 5) is 32.3. The zero-order chi connectivity index (χ0) is 29.8. The second-order valence-corrected chi connectivity index (χ2v) is 11.2. The zero-order valence-corrected chi connectivity index (χ0v) is 25.1. The average Bonchev–Trinajstić information content (AvgIpc) is 3.29. The number of fused-ring (bicyclic) bond motifs is 1. The number of halogens is 2. The summed E-state index contributed by atoms with van der Waals surface area (Å²) < 4.78 is 19.0. The van der Waals surface area contributed by atoms with Crippen LogP contribution in [0.1, 0.15) is 29.7 Å². The molecule has 42 heavy (non-hydrogen) atoms. The number of rotatable bonds is 9. The number of methoxy groups -OCH3 is 1. The van der Waals surface area contributed by atoms with Crippen LogP contribution < -0.4 is 24.4 Å². The lowest BCUT2D eigenvalue weighted by atomic mass is 9.95.